The van der Waals surface area contributed by atoms with Crippen LogP contribution in [-0.2, 0) is 0 Å². The molecule has 5 rings (SSSR count). The molecule has 0 radical (unpaired) electrons. The van der Waals surface area contributed by atoms with Crippen LogP contribution in [0.1, 0.15) is 36.5 Å². The number of pyridine rings is 2. The van der Waals surface area contributed by atoms with Crippen LogP contribution in [-0.4, -0.2) is 35.7 Å². The third-order valence-corrected chi connectivity index (χ3v) is 5.76. The number of carbonyl (C=O) groups excluding carboxylic acids is 1. The van der Waals surface area contributed by atoms with E-state index in [4.69, 9.17) is 18.9 Å². The molecule has 1 amide bonds. The van der Waals surface area contributed by atoms with Crippen LogP contribution in [0.15, 0.2) is 55.0 Å². The Morgan fingerprint density at radius 2 is 1.79 bits per heavy atom. The van der Waals surface area contributed by atoms with E-state index >= 15 is 8.78 Å². The number of fused-ring (bicyclic) bond motifs is 1. The molecule has 2 aromatic heterocycles. The van der Waals surface area contributed by atoms with E-state index < -0.39 is 23.3 Å². The molecule has 0 spiro atoms. The third kappa shape index (κ3) is 5.44. The minimum Gasteiger partial charge on any atom is -0.493 e. The summed E-state index contributed by atoms with van der Waals surface area (Å²) in [6, 6.07) is 8.36. The van der Waals surface area contributed by atoms with Crippen LogP contribution >= 0.6 is 0 Å². The maximum Gasteiger partial charge on any atom is 0.261 e. The smallest absolute Gasteiger partial charge is 0.261 e. The van der Waals surface area contributed by atoms with Crippen LogP contribution in [0, 0.1) is 11.6 Å². The number of anilines is 1. The molecule has 1 aliphatic carbocycles. The lowest BCUT2D eigenvalue weighted by Gasteiger charge is -2.15. The molecule has 2 heterocycles. The highest BCUT2D eigenvalue weighted by atomic mass is 19.1. The summed E-state index contributed by atoms with van der Waals surface area (Å²) in [5, 5.41) is 2.97. The van der Waals surface area contributed by atoms with E-state index in [-0.39, 0.29) is 23.1 Å². The van der Waals surface area contributed by atoms with E-state index in [2.05, 4.69) is 15.3 Å². The van der Waals surface area contributed by atoms with E-state index in [0.29, 0.717) is 34.8 Å². The second kappa shape index (κ2) is 10.9. The van der Waals surface area contributed by atoms with Gasteiger partial charge in [0, 0.05) is 47.9 Å². The molecule has 2 aromatic carbocycles. The van der Waals surface area contributed by atoms with Crippen LogP contribution in [0.5, 0.6) is 28.7 Å². The maximum atomic E-state index is 15.0. The first-order valence-corrected chi connectivity index (χ1v) is 12.1. The van der Waals surface area contributed by atoms with Crippen molar-refractivity contribution in [1.82, 2.24) is 9.97 Å². The molecule has 0 bridgehead atoms. The number of aromatic nitrogens is 2. The van der Waals surface area contributed by atoms with E-state index in [0.717, 1.165) is 31.4 Å². The lowest BCUT2D eigenvalue weighted by Crippen LogP contribution is -2.15. The highest BCUT2D eigenvalue weighted by molar-refractivity contribution is 6.06. The number of rotatable bonds is 10. The molecule has 10 heteroatoms. The number of amides is 1. The average Bonchev–Trinajstić information content (AvgIpc) is 3.73. The number of halogens is 2. The number of carbonyl (C=O) groups is 1. The molecule has 0 unspecified atom stereocenters. The third-order valence-electron chi connectivity index (χ3n) is 5.76. The minimum absolute atomic E-state index is 0.0648. The van der Waals surface area contributed by atoms with E-state index in [9.17, 15) is 4.79 Å². The van der Waals surface area contributed by atoms with Crippen LogP contribution in [0.2, 0.25) is 0 Å². The Kier molecular flexibility index (Phi) is 7.21. The van der Waals surface area contributed by atoms with Crippen molar-refractivity contribution in [3.63, 3.8) is 0 Å². The molecule has 4 aromatic rings. The van der Waals surface area contributed by atoms with Crippen LogP contribution in [0.3, 0.4) is 0 Å². The van der Waals surface area contributed by atoms with E-state index in [1.54, 1.807) is 18.2 Å². The van der Waals surface area contributed by atoms with Crippen molar-refractivity contribution in [3.8, 4) is 28.7 Å². The van der Waals surface area contributed by atoms with Crippen molar-refractivity contribution in [3.05, 3.63) is 72.2 Å². The molecule has 1 aliphatic rings. The molecule has 8 nitrogen and oxygen atoms in total. The van der Waals surface area contributed by atoms with Crippen molar-refractivity contribution in [2.75, 3.05) is 19.0 Å². The Hall–Kier alpha value is -4.47. The first-order chi connectivity index (χ1) is 18.5. The molecule has 1 saturated carbocycles. The normalized spacial score (nSPS) is 12.7. The van der Waals surface area contributed by atoms with Crippen molar-refractivity contribution in [1.29, 1.82) is 0 Å². The molecule has 0 aliphatic heterocycles. The number of methoxy groups -OCH3 is 1. The number of nitrogens with zero attached hydrogens (tertiary/aromatic N) is 2. The fraction of sp³-hybridized carbons (Fsp3) is 0.250. The van der Waals surface area contributed by atoms with Crippen molar-refractivity contribution in [2.45, 2.75) is 32.3 Å². The highest BCUT2D eigenvalue weighted by Gasteiger charge is 2.26. The second-order valence-electron chi connectivity index (χ2n) is 8.69. The van der Waals surface area contributed by atoms with Gasteiger partial charge in [-0.1, -0.05) is 6.92 Å². The number of ether oxygens (including phenoxy) is 4. The van der Waals surface area contributed by atoms with Gasteiger partial charge >= 0.3 is 0 Å². The zero-order valence-electron chi connectivity index (χ0n) is 20.8. The first-order valence-electron chi connectivity index (χ1n) is 12.1. The topological polar surface area (TPSA) is 91.8 Å². The summed E-state index contributed by atoms with van der Waals surface area (Å²) >= 11 is 0. The number of hydrogen-bond donors (Lipinski definition) is 1. The van der Waals surface area contributed by atoms with Gasteiger partial charge in [0.05, 0.1) is 30.9 Å². The summed E-state index contributed by atoms with van der Waals surface area (Å²) in [7, 11) is 1.50. The fourth-order valence-electron chi connectivity index (χ4n) is 3.76. The Morgan fingerprint density at radius 3 is 2.50 bits per heavy atom. The minimum atomic E-state index is -0.999. The lowest BCUT2D eigenvalue weighted by molar-refractivity contribution is 0.102. The Balaban J connectivity index is 1.39. The zero-order chi connectivity index (χ0) is 26.6. The predicted octanol–water partition coefficient (Wildman–Crippen LogP) is 6.29. The first kappa shape index (κ1) is 25.2. The van der Waals surface area contributed by atoms with E-state index in [1.807, 2.05) is 6.92 Å². The summed E-state index contributed by atoms with van der Waals surface area (Å²) in [4.78, 5) is 21.1. The second-order valence-corrected chi connectivity index (χ2v) is 8.69. The van der Waals surface area contributed by atoms with Gasteiger partial charge < -0.3 is 24.3 Å². The number of benzene rings is 2. The standard InChI is InChI=1S/C28H25F2N3O5/c1-3-10-36-26-14-22-18(13-25(26)35-2)23(7-9-32-22)38-27-20(29)11-16(12-21(27)30)33-28(34)19-15-31-8-6-24(19)37-17-4-5-17/h6-9,11-15,17H,3-5,10H2,1-2H3,(H,33,34). The summed E-state index contributed by atoms with van der Waals surface area (Å²) in [5.74, 6) is -1.76. The Bertz CT molecular complexity index is 1470. The number of nitrogens with one attached hydrogen (secondary N) is 1. The zero-order valence-corrected chi connectivity index (χ0v) is 20.8. The Morgan fingerprint density at radius 1 is 1.03 bits per heavy atom. The monoisotopic (exact) mass is 521 g/mol. The van der Waals surface area contributed by atoms with Crippen molar-refractivity contribution < 1.29 is 32.5 Å². The van der Waals surface area contributed by atoms with Crippen molar-refractivity contribution in [2.24, 2.45) is 0 Å². The number of hydrogen-bond acceptors (Lipinski definition) is 7. The summed E-state index contributed by atoms with van der Waals surface area (Å²) in [5.41, 5.74) is 0.581. The Labute approximate surface area is 217 Å². The maximum absolute atomic E-state index is 15.0. The van der Waals surface area contributed by atoms with E-state index in [1.165, 1.54) is 31.8 Å². The molecule has 1 fully saturated rings. The summed E-state index contributed by atoms with van der Waals surface area (Å²) < 4.78 is 52.6. The van der Waals surface area contributed by atoms with Gasteiger partial charge in [-0.15, -0.1) is 0 Å². The van der Waals surface area contributed by atoms with Gasteiger partial charge in [-0.2, -0.15) is 0 Å². The highest BCUT2D eigenvalue weighted by Crippen LogP contribution is 2.39. The quantitative estimate of drug-likeness (QED) is 0.262. The van der Waals surface area contributed by atoms with Crippen LogP contribution < -0.4 is 24.3 Å². The van der Waals surface area contributed by atoms with Crippen molar-refractivity contribution >= 4 is 22.5 Å². The van der Waals surface area contributed by atoms with Crippen LogP contribution in [0.25, 0.3) is 10.9 Å². The molecule has 38 heavy (non-hydrogen) atoms. The summed E-state index contributed by atoms with van der Waals surface area (Å²) in [6.45, 7) is 2.48. The van der Waals surface area contributed by atoms with Gasteiger partial charge in [-0.05, 0) is 37.5 Å². The molecule has 1 N–H and O–H groups in total. The molecule has 196 valence electrons. The predicted molar refractivity (Wildman–Crippen MR) is 136 cm³/mol. The van der Waals surface area contributed by atoms with Gasteiger partial charge in [-0.25, -0.2) is 8.78 Å². The SMILES string of the molecule is CCCOc1cc2nccc(Oc3c(F)cc(NC(=O)c4cnccc4OC4CC4)cc3F)c2cc1OC. The van der Waals surface area contributed by atoms with Gasteiger partial charge in [0.15, 0.2) is 28.9 Å². The molecule has 0 saturated heterocycles. The van der Waals surface area contributed by atoms with Crippen LogP contribution in [0.4, 0.5) is 14.5 Å². The average molecular weight is 522 g/mol. The molecule has 0 atom stereocenters. The van der Waals surface area contributed by atoms with Gasteiger partial charge in [-0.3, -0.25) is 14.8 Å². The van der Waals surface area contributed by atoms with Gasteiger partial charge in [0.2, 0.25) is 0 Å². The fourth-order valence-corrected chi connectivity index (χ4v) is 3.76. The van der Waals surface area contributed by atoms with Gasteiger partial charge in [0.25, 0.3) is 5.91 Å². The largest absolute Gasteiger partial charge is 0.493 e. The molecular weight excluding hydrogens is 496 g/mol. The summed E-state index contributed by atoms with van der Waals surface area (Å²) in [6.07, 6.45) is 7.02. The molecular formula is C28H25F2N3O5. The van der Waals surface area contributed by atoms with Gasteiger partial charge in [0.1, 0.15) is 11.5 Å². The lowest BCUT2D eigenvalue weighted by atomic mass is 10.1.